The van der Waals surface area contributed by atoms with Crippen LogP contribution in [0.2, 0.25) is 0 Å². The maximum absolute atomic E-state index is 9.92. The molecule has 3 aliphatic carbocycles. The van der Waals surface area contributed by atoms with E-state index in [0.29, 0.717) is 11.3 Å². The van der Waals surface area contributed by atoms with Crippen LogP contribution < -0.4 is 0 Å². The Labute approximate surface area is 106 Å². The van der Waals surface area contributed by atoms with Crippen LogP contribution in [0.15, 0.2) is 0 Å². The lowest BCUT2D eigenvalue weighted by molar-refractivity contribution is 0.0860. The predicted octanol–water partition coefficient (Wildman–Crippen LogP) is 4.00. The first-order valence-corrected chi connectivity index (χ1v) is 7.77. The van der Waals surface area contributed by atoms with Crippen molar-refractivity contribution in [2.24, 2.45) is 29.1 Å². The maximum atomic E-state index is 9.92. The number of fused-ring (bicyclic) bond motifs is 2. The number of rotatable bonds is 3. The fourth-order valence-corrected chi connectivity index (χ4v) is 5.32. The van der Waals surface area contributed by atoms with E-state index in [1.807, 2.05) is 0 Å². The van der Waals surface area contributed by atoms with E-state index in [2.05, 4.69) is 13.8 Å². The minimum atomic E-state index is 0.0247. The van der Waals surface area contributed by atoms with Gasteiger partial charge in [0, 0.05) is 0 Å². The van der Waals surface area contributed by atoms with Gasteiger partial charge in [0.2, 0.25) is 0 Å². The van der Waals surface area contributed by atoms with E-state index in [1.54, 1.807) is 0 Å². The van der Waals surface area contributed by atoms with E-state index in [-0.39, 0.29) is 6.10 Å². The molecule has 1 N–H and O–H groups in total. The number of aliphatic hydroxyl groups excluding tert-OH is 1. The Hall–Kier alpha value is -0.0400. The van der Waals surface area contributed by atoms with Gasteiger partial charge in [-0.25, -0.2) is 0 Å². The monoisotopic (exact) mass is 236 g/mol. The van der Waals surface area contributed by atoms with Crippen LogP contribution in [0.4, 0.5) is 0 Å². The van der Waals surface area contributed by atoms with Gasteiger partial charge in [-0.1, -0.05) is 20.3 Å². The largest absolute Gasteiger partial charge is 0.393 e. The Morgan fingerprint density at radius 3 is 2.47 bits per heavy atom. The lowest BCUT2D eigenvalue weighted by atomic mass is 9.66. The van der Waals surface area contributed by atoms with Crippen molar-refractivity contribution in [3.8, 4) is 0 Å². The fourth-order valence-electron chi connectivity index (χ4n) is 5.32. The van der Waals surface area contributed by atoms with E-state index in [0.717, 1.165) is 24.2 Å². The molecule has 0 aromatic rings. The van der Waals surface area contributed by atoms with Crippen molar-refractivity contribution in [1.82, 2.24) is 0 Å². The molecule has 0 spiro atoms. The normalized spacial score (nSPS) is 47.8. The van der Waals surface area contributed by atoms with Gasteiger partial charge in [-0.3, -0.25) is 0 Å². The molecule has 3 aliphatic rings. The van der Waals surface area contributed by atoms with Crippen molar-refractivity contribution in [1.29, 1.82) is 0 Å². The molecule has 0 amide bonds. The standard InChI is InChI=1S/C16H28O/c1-16(2)13-8-6-12(10-13)14(16)9-7-11-4-3-5-15(11)17/h11-15,17H,3-10H2,1-2H3. The molecule has 0 heterocycles. The molecule has 5 unspecified atom stereocenters. The van der Waals surface area contributed by atoms with Crippen molar-refractivity contribution in [3.05, 3.63) is 0 Å². The lowest BCUT2D eigenvalue weighted by Gasteiger charge is -2.39. The van der Waals surface area contributed by atoms with Crippen LogP contribution in [-0.2, 0) is 0 Å². The van der Waals surface area contributed by atoms with Gasteiger partial charge in [0.15, 0.2) is 0 Å². The highest BCUT2D eigenvalue weighted by atomic mass is 16.3. The maximum Gasteiger partial charge on any atom is 0.0568 e. The SMILES string of the molecule is CC1(C)C2CCC(C2)C1CCC1CCCC1O. The van der Waals surface area contributed by atoms with Gasteiger partial charge in [0.25, 0.3) is 0 Å². The summed E-state index contributed by atoms with van der Waals surface area (Å²) in [6.45, 7) is 5.01. The summed E-state index contributed by atoms with van der Waals surface area (Å²) in [6.07, 6.45) is 10.8. The third-order valence-corrected chi connectivity index (χ3v) is 6.52. The average molecular weight is 236 g/mol. The third kappa shape index (κ3) is 1.95. The van der Waals surface area contributed by atoms with Crippen LogP contribution in [0.3, 0.4) is 0 Å². The topological polar surface area (TPSA) is 20.2 Å². The smallest absolute Gasteiger partial charge is 0.0568 e. The van der Waals surface area contributed by atoms with Crippen LogP contribution in [0.1, 0.15) is 65.2 Å². The molecule has 98 valence electrons. The highest BCUT2D eigenvalue weighted by molar-refractivity contribution is 5.01. The van der Waals surface area contributed by atoms with E-state index in [1.165, 1.54) is 44.9 Å². The molecular formula is C16H28O. The summed E-state index contributed by atoms with van der Waals surface area (Å²) >= 11 is 0. The molecule has 17 heavy (non-hydrogen) atoms. The van der Waals surface area contributed by atoms with Gasteiger partial charge < -0.3 is 5.11 Å². The fraction of sp³-hybridized carbons (Fsp3) is 1.00. The molecule has 3 rings (SSSR count). The quantitative estimate of drug-likeness (QED) is 0.785. The van der Waals surface area contributed by atoms with E-state index < -0.39 is 0 Å². The first-order chi connectivity index (χ1) is 8.09. The van der Waals surface area contributed by atoms with E-state index in [4.69, 9.17) is 0 Å². The zero-order valence-electron chi connectivity index (χ0n) is 11.5. The molecule has 0 aromatic heterocycles. The van der Waals surface area contributed by atoms with Crippen LogP contribution in [0, 0.1) is 29.1 Å². The summed E-state index contributed by atoms with van der Waals surface area (Å²) in [4.78, 5) is 0. The van der Waals surface area contributed by atoms with Crippen LogP contribution in [0.5, 0.6) is 0 Å². The van der Waals surface area contributed by atoms with Gasteiger partial charge in [-0.05, 0) is 74.0 Å². The molecular weight excluding hydrogens is 208 g/mol. The summed E-state index contributed by atoms with van der Waals surface area (Å²) in [5.41, 5.74) is 0.590. The Kier molecular flexibility index (Phi) is 3.01. The Morgan fingerprint density at radius 1 is 1.06 bits per heavy atom. The summed E-state index contributed by atoms with van der Waals surface area (Å²) in [5.74, 6) is 3.61. The van der Waals surface area contributed by atoms with E-state index in [9.17, 15) is 5.11 Å². The van der Waals surface area contributed by atoms with Gasteiger partial charge in [-0.2, -0.15) is 0 Å². The van der Waals surface area contributed by atoms with Crippen LogP contribution in [-0.4, -0.2) is 11.2 Å². The molecule has 5 atom stereocenters. The molecule has 0 aromatic carbocycles. The second-order valence-electron chi connectivity index (χ2n) is 7.53. The molecule has 2 bridgehead atoms. The Balaban J connectivity index is 1.58. The second kappa shape index (κ2) is 4.26. The number of aliphatic hydroxyl groups is 1. The Morgan fingerprint density at radius 2 is 1.88 bits per heavy atom. The molecule has 1 nitrogen and oxygen atoms in total. The van der Waals surface area contributed by atoms with Crippen molar-refractivity contribution in [2.45, 2.75) is 71.3 Å². The summed E-state index contributed by atoms with van der Waals surface area (Å²) in [7, 11) is 0. The molecule has 0 saturated heterocycles. The lowest BCUT2D eigenvalue weighted by Crippen LogP contribution is -2.31. The van der Waals surface area contributed by atoms with Crippen molar-refractivity contribution < 1.29 is 5.11 Å². The number of hydrogen-bond donors (Lipinski definition) is 1. The molecule has 3 fully saturated rings. The van der Waals surface area contributed by atoms with E-state index >= 15 is 0 Å². The van der Waals surface area contributed by atoms with Gasteiger partial charge in [0.05, 0.1) is 6.10 Å². The van der Waals surface area contributed by atoms with Gasteiger partial charge in [-0.15, -0.1) is 0 Å². The molecule has 3 saturated carbocycles. The summed E-state index contributed by atoms with van der Waals surface area (Å²) in [5, 5.41) is 9.92. The Bertz CT molecular complexity index is 283. The zero-order valence-corrected chi connectivity index (χ0v) is 11.5. The summed E-state index contributed by atoms with van der Waals surface area (Å²) < 4.78 is 0. The molecule has 0 radical (unpaired) electrons. The highest BCUT2D eigenvalue weighted by Crippen LogP contribution is 2.60. The predicted molar refractivity (Wildman–Crippen MR) is 70.7 cm³/mol. The van der Waals surface area contributed by atoms with Crippen molar-refractivity contribution in [2.75, 3.05) is 0 Å². The van der Waals surface area contributed by atoms with Gasteiger partial charge >= 0.3 is 0 Å². The minimum absolute atomic E-state index is 0.0247. The third-order valence-electron chi connectivity index (χ3n) is 6.52. The minimum Gasteiger partial charge on any atom is -0.393 e. The van der Waals surface area contributed by atoms with Crippen molar-refractivity contribution >= 4 is 0 Å². The van der Waals surface area contributed by atoms with Gasteiger partial charge in [0.1, 0.15) is 0 Å². The zero-order chi connectivity index (χ0) is 12.0. The van der Waals surface area contributed by atoms with Crippen LogP contribution in [0.25, 0.3) is 0 Å². The average Bonchev–Trinajstić information content (AvgIpc) is 2.92. The number of hydrogen-bond acceptors (Lipinski definition) is 1. The first-order valence-electron chi connectivity index (χ1n) is 7.77. The second-order valence-corrected chi connectivity index (χ2v) is 7.53. The molecule has 1 heteroatoms. The summed E-state index contributed by atoms with van der Waals surface area (Å²) in [6, 6.07) is 0. The van der Waals surface area contributed by atoms with Crippen molar-refractivity contribution in [3.63, 3.8) is 0 Å². The highest BCUT2D eigenvalue weighted by Gasteiger charge is 2.52. The molecule has 0 aliphatic heterocycles. The first kappa shape index (κ1) is 12.0. The van der Waals surface area contributed by atoms with Crippen LogP contribution >= 0.6 is 0 Å².